The fourth-order valence-corrected chi connectivity index (χ4v) is 2.30. The maximum Gasteiger partial charge on any atom is 0.123 e. The van der Waals surface area contributed by atoms with Crippen LogP contribution in [0.2, 0.25) is 0 Å². The van der Waals surface area contributed by atoms with Crippen LogP contribution in [0.25, 0.3) is 11.0 Å². The molecule has 0 unspecified atom stereocenters. The fourth-order valence-electron chi connectivity index (χ4n) is 2.30. The van der Waals surface area contributed by atoms with Crippen molar-refractivity contribution in [2.45, 2.75) is 46.4 Å². The van der Waals surface area contributed by atoms with Crippen LogP contribution in [0.15, 0.2) is 24.3 Å². The van der Waals surface area contributed by atoms with Crippen molar-refractivity contribution in [3.63, 3.8) is 0 Å². The van der Waals surface area contributed by atoms with Crippen molar-refractivity contribution in [1.82, 2.24) is 14.9 Å². The van der Waals surface area contributed by atoms with Crippen molar-refractivity contribution in [2.75, 3.05) is 13.2 Å². The van der Waals surface area contributed by atoms with Gasteiger partial charge in [-0.15, -0.1) is 0 Å². The maximum absolute atomic E-state index is 5.53. The third kappa shape index (κ3) is 3.81. The molecule has 1 heterocycles. The molecule has 4 heteroatoms. The van der Waals surface area contributed by atoms with E-state index < -0.39 is 0 Å². The average molecular weight is 275 g/mol. The molecule has 0 amide bonds. The lowest BCUT2D eigenvalue weighted by Crippen LogP contribution is -2.22. The molecule has 0 aliphatic rings. The normalized spacial score (nSPS) is 11.6. The minimum atomic E-state index is 0.293. The molecular formula is C16H25N3O. The first-order valence-corrected chi connectivity index (χ1v) is 7.48. The van der Waals surface area contributed by atoms with Crippen molar-refractivity contribution >= 4 is 11.0 Å². The molecule has 0 aliphatic heterocycles. The van der Waals surface area contributed by atoms with E-state index in [0.29, 0.717) is 6.10 Å². The summed E-state index contributed by atoms with van der Waals surface area (Å²) in [6.07, 6.45) is 1.41. The molecule has 0 saturated heterocycles. The quantitative estimate of drug-likeness (QED) is 0.753. The highest BCUT2D eigenvalue weighted by molar-refractivity contribution is 5.75. The summed E-state index contributed by atoms with van der Waals surface area (Å²) in [5.41, 5.74) is 2.31. The Morgan fingerprint density at radius 2 is 2.10 bits per heavy atom. The van der Waals surface area contributed by atoms with Gasteiger partial charge in [-0.3, -0.25) is 0 Å². The number of hydrogen-bond acceptors (Lipinski definition) is 3. The number of rotatable bonds is 8. The summed E-state index contributed by atoms with van der Waals surface area (Å²) in [6, 6.07) is 8.33. The van der Waals surface area contributed by atoms with Crippen LogP contribution in [0.4, 0.5) is 0 Å². The van der Waals surface area contributed by atoms with E-state index in [1.165, 1.54) is 5.52 Å². The van der Waals surface area contributed by atoms with Crippen molar-refractivity contribution in [2.24, 2.45) is 0 Å². The lowest BCUT2D eigenvalue weighted by molar-refractivity contribution is 0.0806. The highest BCUT2D eigenvalue weighted by atomic mass is 16.5. The van der Waals surface area contributed by atoms with Gasteiger partial charge in [0.15, 0.2) is 0 Å². The number of aryl methyl sites for hydroxylation is 1. The van der Waals surface area contributed by atoms with Crippen molar-refractivity contribution in [3.05, 3.63) is 30.1 Å². The zero-order chi connectivity index (χ0) is 14.4. The zero-order valence-corrected chi connectivity index (χ0v) is 12.7. The van der Waals surface area contributed by atoms with Gasteiger partial charge in [0.2, 0.25) is 0 Å². The van der Waals surface area contributed by atoms with E-state index >= 15 is 0 Å². The summed E-state index contributed by atoms with van der Waals surface area (Å²) in [5.74, 6) is 1.11. The van der Waals surface area contributed by atoms with E-state index in [2.05, 4.69) is 48.9 Å². The minimum Gasteiger partial charge on any atom is -0.377 e. The Morgan fingerprint density at radius 3 is 2.85 bits per heavy atom. The van der Waals surface area contributed by atoms with Gasteiger partial charge in [0, 0.05) is 13.1 Å². The van der Waals surface area contributed by atoms with E-state index in [0.717, 1.165) is 44.0 Å². The van der Waals surface area contributed by atoms with Gasteiger partial charge in [-0.2, -0.15) is 0 Å². The fraction of sp³-hybridized carbons (Fsp3) is 0.562. The molecule has 1 aromatic heterocycles. The average Bonchev–Trinajstić information content (AvgIpc) is 2.77. The van der Waals surface area contributed by atoms with Gasteiger partial charge in [0.05, 0.1) is 30.3 Å². The van der Waals surface area contributed by atoms with Crippen molar-refractivity contribution < 1.29 is 4.74 Å². The van der Waals surface area contributed by atoms with Crippen LogP contribution in [0.1, 0.15) is 33.0 Å². The monoisotopic (exact) mass is 275 g/mol. The lowest BCUT2D eigenvalue weighted by atomic mass is 10.3. The first-order valence-electron chi connectivity index (χ1n) is 7.48. The number of ether oxygens (including phenoxy) is 1. The topological polar surface area (TPSA) is 39.1 Å². The van der Waals surface area contributed by atoms with Crippen LogP contribution in [-0.4, -0.2) is 28.8 Å². The summed E-state index contributed by atoms with van der Waals surface area (Å²) in [4.78, 5) is 4.72. The number of nitrogens with one attached hydrogen (secondary N) is 1. The van der Waals surface area contributed by atoms with Gasteiger partial charge in [-0.05, 0) is 32.4 Å². The molecule has 1 aromatic carbocycles. The Bertz CT molecular complexity index is 534. The molecule has 0 atom stereocenters. The molecule has 2 aromatic rings. The summed E-state index contributed by atoms with van der Waals surface area (Å²) < 4.78 is 7.84. The van der Waals surface area contributed by atoms with Gasteiger partial charge in [-0.1, -0.05) is 19.1 Å². The van der Waals surface area contributed by atoms with Gasteiger partial charge in [-0.25, -0.2) is 4.98 Å². The molecule has 0 radical (unpaired) electrons. The number of benzene rings is 1. The second-order valence-corrected chi connectivity index (χ2v) is 5.26. The molecule has 110 valence electrons. The van der Waals surface area contributed by atoms with Crippen LogP contribution >= 0.6 is 0 Å². The van der Waals surface area contributed by atoms with E-state index in [9.17, 15) is 0 Å². The standard InChI is InChI=1S/C16H25N3O/c1-4-10-19-15-8-6-5-7-14(15)18-16(19)12-17-9-11-20-13(2)3/h5-8,13,17H,4,9-12H2,1-3H3. The lowest BCUT2D eigenvalue weighted by Gasteiger charge is -2.10. The second-order valence-electron chi connectivity index (χ2n) is 5.26. The molecule has 0 spiro atoms. The highest BCUT2D eigenvalue weighted by Gasteiger charge is 2.08. The van der Waals surface area contributed by atoms with Gasteiger partial charge in [0.25, 0.3) is 0 Å². The van der Waals surface area contributed by atoms with Crippen LogP contribution in [0.5, 0.6) is 0 Å². The van der Waals surface area contributed by atoms with Gasteiger partial charge in [0.1, 0.15) is 5.82 Å². The van der Waals surface area contributed by atoms with E-state index in [1.807, 2.05) is 6.07 Å². The predicted octanol–water partition coefficient (Wildman–Crippen LogP) is 2.96. The molecule has 4 nitrogen and oxygen atoms in total. The number of para-hydroxylation sites is 2. The van der Waals surface area contributed by atoms with Gasteiger partial charge >= 0.3 is 0 Å². The van der Waals surface area contributed by atoms with Crippen LogP contribution in [0.3, 0.4) is 0 Å². The molecule has 0 fully saturated rings. The van der Waals surface area contributed by atoms with Crippen LogP contribution < -0.4 is 5.32 Å². The van der Waals surface area contributed by atoms with Crippen molar-refractivity contribution in [1.29, 1.82) is 0 Å². The number of fused-ring (bicyclic) bond motifs is 1. The van der Waals surface area contributed by atoms with Gasteiger partial charge < -0.3 is 14.6 Å². The third-order valence-corrected chi connectivity index (χ3v) is 3.19. The largest absolute Gasteiger partial charge is 0.377 e. The molecule has 1 N–H and O–H groups in total. The minimum absolute atomic E-state index is 0.293. The molecule has 0 bridgehead atoms. The van der Waals surface area contributed by atoms with Crippen LogP contribution in [0, 0.1) is 0 Å². The Morgan fingerprint density at radius 1 is 1.30 bits per heavy atom. The number of imidazole rings is 1. The van der Waals surface area contributed by atoms with E-state index in [-0.39, 0.29) is 0 Å². The third-order valence-electron chi connectivity index (χ3n) is 3.19. The predicted molar refractivity (Wildman–Crippen MR) is 82.8 cm³/mol. The number of aromatic nitrogens is 2. The molecule has 2 rings (SSSR count). The Balaban J connectivity index is 1.99. The summed E-state index contributed by atoms with van der Waals surface area (Å²) >= 11 is 0. The maximum atomic E-state index is 5.53. The Labute approximate surface area is 121 Å². The van der Waals surface area contributed by atoms with Crippen LogP contribution in [-0.2, 0) is 17.8 Å². The SMILES string of the molecule is CCCn1c(CNCCOC(C)C)nc2ccccc21. The number of nitrogens with zero attached hydrogens (tertiary/aromatic N) is 2. The summed E-state index contributed by atoms with van der Waals surface area (Å²) in [6.45, 7) is 9.71. The molecule has 0 aliphatic carbocycles. The first-order chi connectivity index (χ1) is 9.72. The second kappa shape index (κ2) is 7.41. The Kier molecular flexibility index (Phi) is 5.56. The molecule has 20 heavy (non-hydrogen) atoms. The van der Waals surface area contributed by atoms with E-state index in [1.54, 1.807) is 0 Å². The smallest absolute Gasteiger partial charge is 0.123 e. The summed E-state index contributed by atoms with van der Waals surface area (Å²) in [5, 5.41) is 3.41. The zero-order valence-electron chi connectivity index (χ0n) is 12.7. The Hall–Kier alpha value is -1.39. The molecular weight excluding hydrogens is 250 g/mol. The van der Waals surface area contributed by atoms with E-state index in [4.69, 9.17) is 9.72 Å². The molecule has 0 saturated carbocycles. The number of hydrogen-bond donors (Lipinski definition) is 1. The van der Waals surface area contributed by atoms with Crippen molar-refractivity contribution in [3.8, 4) is 0 Å². The highest BCUT2D eigenvalue weighted by Crippen LogP contribution is 2.16. The summed E-state index contributed by atoms with van der Waals surface area (Å²) in [7, 11) is 0. The first kappa shape index (κ1) is 15.0.